The molecule has 2 aromatic rings. The quantitative estimate of drug-likeness (QED) is 0.726. The van der Waals surface area contributed by atoms with E-state index in [2.05, 4.69) is 63.4 Å². The van der Waals surface area contributed by atoms with Crippen molar-refractivity contribution in [2.24, 2.45) is 0 Å². The van der Waals surface area contributed by atoms with E-state index in [4.69, 9.17) is 4.74 Å². The highest BCUT2D eigenvalue weighted by molar-refractivity contribution is 5.64. The van der Waals surface area contributed by atoms with Gasteiger partial charge in [-0.2, -0.15) is 15.0 Å². The first-order chi connectivity index (χ1) is 13.0. The van der Waals surface area contributed by atoms with Crippen LogP contribution >= 0.6 is 0 Å². The van der Waals surface area contributed by atoms with Crippen molar-refractivity contribution in [1.29, 1.82) is 0 Å². The third-order valence-electron chi connectivity index (χ3n) is 4.70. The van der Waals surface area contributed by atoms with E-state index >= 15 is 0 Å². The van der Waals surface area contributed by atoms with Crippen molar-refractivity contribution in [3.63, 3.8) is 0 Å². The fourth-order valence-electron chi connectivity index (χ4n) is 3.43. The summed E-state index contributed by atoms with van der Waals surface area (Å²) in [6.45, 7) is 13.8. The van der Waals surface area contributed by atoms with Crippen molar-refractivity contribution in [3.05, 3.63) is 34.6 Å². The summed E-state index contributed by atoms with van der Waals surface area (Å²) in [6, 6.07) is 4.32. The maximum atomic E-state index is 5.38. The van der Waals surface area contributed by atoms with Gasteiger partial charge in [-0.1, -0.05) is 17.7 Å². The van der Waals surface area contributed by atoms with Crippen molar-refractivity contribution < 1.29 is 4.74 Å². The van der Waals surface area contributed by atoms with E-state index in [0.717, 1.165) is 51.5 Å². The van der Waals surface area contributed by atoms with Crippen molar-refractivity contribution in [2.75, 3.05) is 50.0 Å². The number of aryl methyl sites for hydroxylation is 4. The molecule has 1 aliphatic heterocycles. The Balaban J connectivity index is 1.59. The first-order valence-electron chi connectivity index (χ1n) is 9.63. The van der Waals surface area contributed by atoms with Crippen LogP contribution in [0.5, 0.6) is 0 Å². The van der Waals surface area contributed by atoms with Crippen LogP contribution in [0.15, 0.2) is 12.1 Å². The number of hydrogen-bond acceptors (Lipinski definition) is 7. The maximum absolute atomic E-state index is 5.38. The van der Waals surface area contributed by atoms with Crippen molar-refractivity contribution in [2.45, 2.75) is 34.1 Å². The molecule has 0 spiro atoms. The number of nitrogens with one attached hydrogen (secondary N) is 2. The lowest BCUT2D eigenvalue weighted by molar-refractivity contribution is 0.0378. The Morgan fingerprint density at radius 1 is 0.963 bits per heavy atom. The molecule has 1 aromatic heterocycles. The van der Waals surface area contributed by atoms with Gasteiger partial charge in [-0.15, -0.1) is 0 Å². The molecule has 0 amide bonds. The van der Waals surface area contributed by atoms with E-state index in [0.29, 0.717) is 17.7 Å². The first kappa shape index (κ1) is 19.5. The van der Waals surface area contributed by atoms with Crippen molar-refractivity contribution >= 4 is 17.6 Å². The molecule has 146 valence electrons. The molecule has 0 aliphatic carbocycles. The fraction of sp³-hybridized carbons (Fsp3) is 0.550. The highest BCUT2D eigenvalue weighted by Crippen LogP contribution is 2.24. The monoisotopic (exact) mass is 370 g/mol. The van der Waals surface area contributed by atoms with E-state index in [9.17, 15) is 0 Å². The van der Waals surface area contributed by atoms with Crippen LogP contribution in [-0.2, 0) is 4.74 Å². The number of hydrogen-bond donors (Lipinski definition) is 2. The van der Waals surface area contributed by atoms with Gasteiger partial charge in [0.25, 0.3) is 0 Å². The van der Waals surface area contributed by atoms with Gasteiger partial charge >= 0.3 is 0 Å². The van der Waals surface area contributed by atoms with Crippen LogP contribution in [-0.4, -0.2) is 59.2 Å². The zero-order valence-corrected chi connectivity index (χ0v) is 16.8. The smallest absolute Gasteiger partial charge is 0.232 e. The van der Waals surface area contributed by atoms with Gasteiger partial charge in [0.15, 0.2) is 0 Å². The standard InChI is InChI=1S/C20H30N6O/c1-14-12-15(2)18(16(3)13-14)24-20-23-17(4)22-19(25-20)21-6-5-7-26-8-10-27-11-9-26/h12-13H,5-11H2,1-4H3,(H2,21,22,23,24,25). The molecule has 1 saturated heterocycles. The molecule has 1 aromatic carbocycles. The Bertz CT molecular complexity index is 750. The summed E-state index contributed by atoms with van der Waals surface area (Å²) in [7, 11) is 0. The molecule has 7 nitrogen and oxygen atoms in total. The molecule has 7 heteroatoms. The van der Waals surface area contributed by atoms with Crippen LogP contribution < -0.4 is 10.6 Å². The number of nitrogens with zero attached hydrogens (tertiary/aromatic N) is 4. The summed E-state index contributed by atoms with van der Waals surface area (Å²) in [5.74, 6) is 1.90. The van der Waals surface area contributed by atoms with Crippen LogP contribution in [0.1, 0.15) is 28.9 Å². The molecular formula is C20H30N6O. The van der Waals surface area contributed by atoms with Crippen LogP contribution in [0.2, 0.25) is 0 Å². The molecule has 0 radical (unpaired) electrons. The van der Waals surface area contributed by atoms with Crippen LogP contribution in [0.4, 0.5) is 17.6 Å². The normalized spacial score (nSPS) is 15.0. The van der Waals surface area contributed by atoms with Gasteiger partial charge in [-0.25, -0.2) is 0 Å². The van der Waals surface area contributed by atoms with Gasteiger partial charge in [0.05, 0.1) is 13.2 Å². The highest BCUT2D eigenvalue weighted by Gasteiger charge is 2.11. The van der Waals surface area contributed by atoms with Crippen molar-refractivity contribution in [3.8, 4) is 0 Å². The molecule has 2 heterocycles. The Kier molecular flexibility index (Phi) is 6.58. The van der Waals surface area contributed by atoms with Crippen LogP contribution in [0.25, 0.3) is 0 Å². The van der Waals surface area contributed by atoms with E-state index in [1.807, 2.05) is 6.92 Å². The molecular weight excluding hydrogens is 340 g/mol. The SMILES string of the molecule is Cc1cc(C)c(Nc2nc(C)nc(NCCCN3CCOCC3)n2)c(C)c1. The zero-order chi connectivity index (χ0) is 19.2. The molecule has 0 unspecified atom stereocenters. The number of anilines is 3. The minimum absolute atomic E-state index is 0.577. The molecule has 0 saturated carbocycles. The molecule has 1 fully saturated rings. The average Bonchev–Trinajstić information content (AvgIpc) is 2.62. The molecule has 0 bridgehead atoms. The molecule has 27 heavy (non-hydrogen) atoms. The summed E-state index contributed by atoms with van der Waals surface area (Å²) in [5.41, 5.74) is 4.69. The minimum atomic E-state index is 0.577. The van der Waals surface area contributed by atoms with Crippen LogP contribution in [0.3, 0.4) is 0 Å². The van der Waals surface area contributed by atoms with Gasteiger partial charge < -0.3 is 15.4 Å². The largest absolute Gasteiger partial charge is 0.379 e. The molecule has 0 atom stereocenters. The summed E-state index contributed by atoms with van der Waals surface area (Å²) in [5, 5.41) is 6.70. The van der Waals surface area contributed by atoms with Gasteiger partial charge in [0, 0.05) is 25.3 Å². The number of rotatable bonds is 7. The number of morpholine rings is 1. The summed E-state index contributed by atoms with van der Waals surface area (Å²) in [6.07, 6.45) is 1.05. The van der Waals surface area contributed by atoms with Crippen LogP contribution in [0, 0.1) is 27.7 Å². The second-order valence-corrected chi connectivity index (χ2v) is 7.16. The van der Waals surface area contributed by atoms with Gasteiger partial charge in [-0.05, 0) is 51.8 Å². The highest BCUT2D eigenvalue weighted by atomic mass is 16.5. The molecule has 1 aliphatic rings. The summed E-state index contributed by atoms with van der Waals surface area (Å²) < 4.78 is 5.38. The van der Waals surface area contributed by atoms with Gasteiger partial charge in [0.1, 0.15) is 5.82 Å². The van der Waals surface area contributed by atoms with Gasteiger partial charge in [0.2, 0.25) is 11.9 Å². The third kappa shape index (κ3) is 5.61. The van der Waals surface area contributed by atoms with E-state index < -0.39 is 0 Å². The number of benzene rings is 1. The zero-order valence-electron chi connectivity index (χ0n) is 16.8. The number of ether oxygens (including phenoxy) is 1. The maximum Gasteiger partial charge on any atom is 0.232 e. The lowest BCUT2D eigenvalue weighted by Gasteiger charge is -2.26. The van der Waals surface area contributed by atoms with E-state index in [1.54, 1.807) is 0 Å². The second kappa shape index (κ2) is 9.10. The predicted octanol–water partition coefficient (Wildman–Crippen LogP) is 2.98. The predicted molar refractivity (Wildman–Crippen MR) is 109 cm³/mol. The fourth-order valence-corrected chi connectivity index (χ4v) is 3.43. The van der Waals surface area contributed by atoms with E-state index in [-0.39, 0.29) is 0 Å². The molecule has 2 N–H and O–H groups in total. The first-order valence-corrected chi connectivity index (χ1v) is 9.63. The second-order valence-electron chi connectivity index (χ2n) is 7.16. The Labute approximate surface area is 161 Å². The lowest BCUT2D eigenvalue weighted by Crippen LogP contribution is -2.37. The Morgan fingerprint density at radius 2 is 1.63 bits per heavy atom. The third-order valence-corrected chi connectivity index (χ3v) is 4.70. The average molecular weight is 371 g/mol. The van der Waals surface area contributed by atoms with Gasteiger partial charge in [-0.3, -0.25) is 4.90 Å². The Morgan fingerprint density at radius 3 is 2.33 bits per heavy atom. The Hall–Kier alpha value is -2.25. The van der Waals surface area contributed by atoms with Crippen molar-refractivity contribution in [1.82, 2.24) is 19.9 Å². The van der Waals surface area contributed by atoms with E-state index in [1.165, 1.54) is 16.7 Å². The number of aromatic nitrogens is 3. The summed E-state index contributed by atoms with van der Waals surface area (Å²) >= 11 is 0. The lowest BCUT2D eigenvalue weighted by atomic mass is 10.1. The molecule has 3 rings (SSSR count). The minimum Gasteiger partial charge on any atom is -0.379 e. The topological polar surface area (TPSA) is 75.2 Å². The summed E-state index contributed by atoms with van der Waals surface area (Å²) in [4.78, 5) is 15.8.